The highest BCUT2D eigenvalue weighted by atomic mass is 35.5. The zero-order chi connectivity index (χ0) is 24.4. The van der Waals surface area contributed by atoms with E-state index in [-0.39, 0.29) is 43.1 Å². The monoisotopic (exact) mass is 476 g/mol. The highest BCUT2D eigenvalue weighted by Crippen LogP contribution is 2.38. The van der Waals surface area contributed by atoms with Crippen LogP contribution >= 0.6 is 11.6 Å². The van der Waals surface area contributed by atoms with Gasteiger partial charge in [0.15, 0.2) is 5.78 Å². The average Bonchev–Trinajstić information content (AvgIpc) is 2.75. The van der Waals surface area contributed by atoms with Gasteiger partial charge in [0.25, 0.3) is 0 Å². The van der Waals surface area contributed by atoms with E-state index >= 15 is 0 Å². The number of benzene rings is 1. The first-order valence-corrected chi connectivity index (χ1v) is 11.0. The third-order valence-corrected chi connectivity index (χ3v) is 6.26. The molecule has 0 saturated heterocycles. The predicted octanol–water partition coefficient (Wildman–Crippen LogP) is 5.59. The molecule has 0 aliphatic heterocycles. The van der Waals surface area contributed by atoms with E-state index in [2.05, 4.69) is 20.6 Å². The number of ketones is 1. The summed E-state index contributed by atoms with van der Waals surface area (Å²) in [6.45, 7) is 6.54. The molecule has 0 unspecified atom stereocenters. The van der Waals surface area contributed by atoms with Crippen molar-refractivity contribution in [1.29, 1.82) is 0 Å². The molecule has 1 saturated carbocycles. The molecule has 0 bridgehead atoms. The fourth-order valence-corrected chi connectivity index (χ4v) is 3.82. The molecule has 0 spiro atoms. The van der Waals surface area contributed by atoms with E-state index in [4.69, 9.17) is 11.6 Å². The molecule has 1 amide bonds. The topological polar surface area (TPSA) is 84.0 Å². The van der Waals surface area contributed by atoms with Crippen LogP contribution in [0.15, 0.2) is 47.4 Å². The summed E-state index contributed by atoms with van der Waals surface area (Å²) in [7, 11) is 0. The third kappa shape index (κ3) is 6.13. The van der Waals surface area contributed by atoms with Crippen LogP contribution in [0.25, 0.3) is 10.9 Å². The highest BCUT2D eigenvalue weighted by molar-refractivity contribution is 6.31. The Kier molecular flexibility index (Phi) is 7.17. The smallest absolute Gasteiger partial charge is 0.248 e. The summed E-state index contributed by atoms with van der Waals surface area (Å²) in [4.78, 5) is 33.5. The SMILES string of the molecule is CC(=O)/C(=C\C(C)=C(/C)C(=O)NC1(C)CCC(F)(F)CC1)Nc1ncnc2ccc(Cl)cc12. The van der Waals surface area contributed by atoms with Gasteiger partial charge in [0.1, 0.15) is 12.1 Å². The van der Waals surface area contributed by atoms with E-state index in [1.54, 1.807) is 45.0 Å². The number of amides is 1. The largest absolute Gasteiger partial charge is 0.347 e. The normalized spacial score (nSPS) is 18.5. The van der Waals surface area contributed by atoms with E-state index in [1.807, 2.05) is 0 Å². The van der Waals surface area contributed by atoms with E-state index in [1.165, 1.54) is 13.3 Å². The number of Topliss-reactive ketones (excluding diaryl/α,β-unsaturated/α-hetero) is 1. The van der Waals surface area contributed by atoms with Crippen molar-refractivity contribution in [2.45, 2.75) is 64.8 Å². The number of hydrogen-bond donors (Lipinski definition) is 2. The van der Waals surface area contributed by atoms with Gasteiger partial charge in [-0.2, -0.15) is 0 Å². The Morgan fingerprint density at radius 2 is 1.76 bits per heavy atom. The molecule has 2 aromatic rings. The third-order valence-electron chi connectivity index (χ3n) is 6.02. The maximum atomic E-state index is 13.5. The Morgan fingerprint density at radius 3 is 2.39 bits per heavy atom. The van der Waals surface area contributed by atoms with E-state index in [9.17, 15) is 18.4 Å². The van der Waals surface area contributed by atoms with Gasteiger partial charge >= 0.3 is 0 Å². The maximum Gasteiger partial charge on any atom is 0.248 e. The number of halogens is 3. The summed E-state index contributed by atoms with van der Waals surface area (Å²) in [5.41, 5.74) is 1.17. The summed E-state index contributed by atoms with van der Waals surface area (Å²) < 4.78 is 27.0. The molecule has 1 aromatic carbocycles. The van der Waals surface area contributed by atoms with Crippen molar-refractivity contribution in [2.24, 2.45) is 0 Å². The number of fused-ring (bicyclic) bond motifs is 1. The van der Waals surface area contributed by atoms with Crippen molar-refractivity contribution < 1.29 is 18.4 Å². The van der Waals surface area contributed by atoms with Crippen LogP contribution in [0.3, 0.4) is 0 Å². The summed E-state index contributed by atoms with van der Waals surface area (Å²) in [5.74, 6) is -2.86. The van der Waals surface area contributed by atoms with Gasteiger partial charge in [0, 0.05) is 41.3 Å². The zero-order valence-electron chi connectivity index (χ0n) is 19.1. The Hall–Kier alpha value is -2.87. The minimum Gasteiger partial charge on any atom is -0.347 e. The Labute approximate surface area is 196 Å². The van der Waals surface area contributed by atoms with Gasteiger partial charge in [-0.25, -0.2) is 18.7 Å². The number of allylic oxidation sites excluding steroid dienone is 3. The minimum atomic E-state index is -2.68. The second-order valence-electron chi connectivity index (χ2n) is 8.80. The molecule has 1 heterocycles. The number of carbonyl (C=O) groups is 2. The lowest BCUT2D eigenvalue weighted by molar-refractivity contribution is -0.121. The van der Waals surface area contributed by atoms with Crippen LogP contribution < -0.4 is 10.6 Å². The van der Waals surface area contributed by atoms with Crippen LogP contribution in [0.1, 0.15) is 53.4 Å². The van der Waals surface area contributed by atoms with Crippen molar-refractivity contribution in [3.63, 3.8) is 0 Å². The van der Waals surface area contributed by atoms with Crippen LogP contribution in [0.4, 0.5) is 14.6 Å². The van der Waals surface area contributed by atoms with Crippen LogP contribution in [0.5, 0.6) is 0 Å². The number of anilines is 1. The first-order valence-electron chi connectivity index (χ1n) is 10.7. The molecule has 176 valence electrons. The van der Waals surface area contributed by atoms with Gasteiger partial charge in [-0.1, -0.05) is 11.6 Å². The van der Waals surface area contributed by atoms with E-state index in [0.717, 1.165) is 0 Å². The van der Waals surface area contributed by atoms with Crippen molar-refractivity contribution in [2.75, 3.05) is 5.32 Å². The summed E-state index contributed by atoms with van der Waals surface area (Å²) in [5, 5.41) is 7.07. The van der Waals surface area contributed by atoms with Crippen LogP contribution in [-0.2, 0) is 9.59 Å². The van der Waals surface area contributed by atoms with Gasteiger partial charge in [0.2, 0.25) is 11.8 Å². The second kappa shape index (κ2) is 9.55. The summed E-state index contributed by atoms with van der Waals surface area (Å²) in [6.07, 6.45) is 2.87. The molecule has 6 nitrogen and oxygen atoms in total. The van der Waals surface area contributed by atoms with Crippen LogP contribution in [0, 0.1) is 0 Å². The van der Waals surface area contributed by atoms with Crippen molar-refractivity contribution in [3.8, 4) is 0 Å². The molecule has 33 heavy (non-hydrogen) atoms. The van der Waals surface area contributed by atoms with Crippen molar-refractivity contribution in [1.82, 2.24) is 15.3 Å². The van der Waals surface area contributed by atoms with Gasteiger partial charge in [-0.3, -0.25) is 9.59 Å². The molecule has 1 aliphatic carbocycles. The van der Waals surface area contributed by atoms with Gasteiger partial charge < -0.3 is 10.6 Å². The second-order valence-corrected chi connectivity index (χ2v) is 9.24. The number of carbonyl (C=O) groups excluding carboxylic acids is 2. The Balaban J connectivity index is 1.83. The minimum absolute atomic E-state index is 0.206. The number of alkyl halides is 2. The van der Waals surface area contributed by atoms with Crippen LogP contribution in [0.2, 0.25) is 5.02 Å². The van der Waals surface area contributed by atoms with Gasteiger partial charge in [0.05, 0.1) is 11.2 Å². The highest BCUT2D eigenvalue weighted by Gasteiger charge is 2.41. The number of nitrogens with one attached hydrogen (secondary N) is 2. The lowest BCUT2D eigenvalue weighted by atomic mass is 9.81. The molecule has 1 aromatic heterocycles. The Bertz CT molecular complexity index is 1150. The molecule has 1 aliphatic rings. The van der Waals surface area contributed by atoms with Gasteiger partial charge in [-0.05, 0) is 63.5 Å². The molecule has 3 rings (SSSR count). The molecule has 0 atom stereocenters. The number of nitrogens with zero attached hydrogens (tertiary/aromatic N) is 2. The predicted molar refractivity (Wildman–Crippen MR) is 125 cm³/mol. The number of hydrogen-bond acceptors (Lipinski definition) is 5. The quantitative estimate of drug-likeness (QED) is 0.419. The number of rotatable bonds is 6. The lowest BCUT2D eigenvalue weighted by Crippen LogP contribution is -2.50. The fourth-order valence-electron chi connectivity index (χ4n) is 3.65. The van der Waals surface area contributed by atoms with Crippen LogP contribution in [-0.4, -0.2) is 33.1 Å². The average molecular weight is 477 g/mol. The zero-order valence-corrected chi connectivity index (χ0v) is 19.8. The van der Waals surface area contributed by atoms with Crippen molar-refractivity contribution >= 4 is 40.0 Å². The summed E-state index contributed by atoms with van der Waals surface area (Å²) >= 11 is 6.10. The first kappa shape index (κ1) is 24.8. The first-order chi connectivity index (χ1) is 15.4. The maximum absolute atomic E-state index is 13.5. The number of aromatic nitrogens is 2. The molecule has 1 fully saturated rings. The fraction of sp³-hybridized carbons (Fsp3) is 0.417. The molecule has 2 N–H and O–H groups in total. The Morgan fingerprint density at radius 1 is 1.09 bits per heavy atom. The van der Waals surface area contributed by atoms with Gasteiger partial charge in [-0.15, -0.1) is 0 Å². The lowest BCUT2D eigenvalue weighted by Gasteiger charge is -2.38. The summed E-state index contributed by atoms with van der Waals surface area (Å²) in [6, 6.07) is 5.17. The molecular formula is C24H27ClF2N4O2. The van der Waals surface area contributed by atoms with Crippen molar-refractivity contribution in [3.05, 3.63) is 52.5 Å². The molecule has 0 radical (unpaired) electrons. The molecular weight excluding hydrogens is 450 g/mol. The standard InChI is InChI=1S/C24H27ClF2N4O2/c1-14(15(2)22(33)31-23(4)7-9-24(26,27)10-8-23)11-20(16(3)32)30-21-18-12-17(25)5-6-19(18)28-13-29-21/h5-6,11-13H,7-10H2,1-4H3,(H,31,33)(H,28,29,30)/b15-14+,20-11+. The van der Waals surface area contributed by atoms with E-state index < -0.39 is 11.5 Å². The molecule has 9 heteroatoms. The van der Waals surface area contributed by atoms with E-state index in [0.29, 0.717) is 32.9 Å².